The van der Waals surface area contributed by atoms with Crippen molar-refractivity contribution >= 4 is 49.8 Å². The lowest BCUT2D eigenvalue weighted by Crippen LogP contribution is -2.33. The average molecular weight is 587 g/mol. The lowest BCUT2D eigenvalue weighted by molar-refractivity contribution is -0.113. The minimum Gasteiger partial charge on any atom is -0.331 e. The smallest absolute Gasteiger partial charge is 0.282 e. The number of carbonyl (C=O) groups excluding carboxylic acids is 2. The Kier molecular flexibility index (Phi) is 8.04. The molecule has 0 saturated carbocycles. The third-order valence-electron chi connectivity index (χ3n) is 6.20. The number of Topliss-reactive ketones (excluding diaryl/α,β-unsaturated/α-hetero) is 1. The Balaban J connectivity index is 0.00000370. The van der Waals surface area contributed by atoms with Gasteiger partial charge in [0.05, 0.1) is 11.4 Å². The van der Waals surface area contributed by atoms with Crippen LogP contribution in [0.5, 0.6) is 0 Å². The number of rotatable bonds is 6. The Labute approximate surface area is 233 Å². The van der Waals surface area contributed by atoms with Gasteiger partial charge >= 0.3 is 0 Å². The molecule has 0 fully saturated rings. The quantitative estimate of drug-likeness (QED) is 0.282. The Bertz CT molecular complexity index is 1830. The summed E-state index contributed by atoms with van der Waals surface area (Å²) < 4.78 is 71.4. The maximum atomic E-state index is 14.7. The molecule has 0 aliphatic heterocycles. The maximum absolute atomic E-state index is 14.7. The van der Waals surface area contributed by atoms with Gasteiger partial charge in [-0.1, -0.05) is 37.3 Å². The summed E-state index contributed by atoms with van der Waals surface area (Å²) in [6.45, 7) is -0.377. The number of carbonyl (C=O) groups is 2. The summed E-state index contributed by atoms with van der Waals surface area (Å²) in [7, 11) is -4.49. The minimum absolute atomic E-state index is 0. The van der Waals surface area contributed by atoms with Crippen molar-refractivity contribution in [3.8, 4) is 0 Å². The molecule has 0 bridgehead atoms. The predicted molar refractivity (Wildman–Crippen MR) is 147 cm³/mol. The highest BCUT2D eigenvalue weighted by Crippen LogP contribution is 2.36. The molecule has 5 rings (SSSR count). The van der Waals surface area contributed by atoms with Gasteiger partial charge in [0, 0.05) is 39.0 Å². The van der Waals surface area contributed by atoms with E-state index in [1.807, 2.05) is 4.72 Å². The highest BCUT2D eigenvalue weighted by Gasteiger charge is 2.31. The lowest BCUT2D eigenvalue weighted by atomic mass is 9.93. The number of ketones is 1. The molecule has 3 aromatic carbocycles. The summed E-state index contributed by atoms with van der Waals surface area (Å²) in [5.41, 5.74) is 0.132. The summed E-state index contributed by atoms with van der Waals surface area (Å²) in [5, 5.41) is 0.599. The fourth-order valence-corrected chi connectivity index (χ4v) is 5.57. The molecule has 40 heavy (non-hydrogen) atoms. The molecule has 1 aliphatic carbocycles. The van der Waals surface area contributed by atoms with E-state index in [4.69, 9.17) is 11.6 Å². The van der Waals surface area contributed by atoms with Crippen molar-refractivity contribution < 1.29 is 31.2 Å². The van der Waals surface area contributed by atoms with Gasteiger partial charge in [-0.15, -0.1) is 0 Å². The van der Waals surface area contributed by atoms with Gasteiger partial charge in [-0.3, -0.25) is 9.59 Å². The monoisotopic (exact) mass is 586 g/mol. The normalized spacial score (nSPS) is 13.2. The first kappa shape index (κ1) is 28.8. The summed E-state index contributed by atoms with van der Waals surface area (Å²) in [5.74, 6) is -3.63. The van der Waals surface area contributed by atoms with E-state index >= 15 is 0 Å². The number of aromatic nitrogens is 1. The highest BCUT2D eigenvalue weighted by atomic mass is 35.5. The molecule has 0 atom stereocenters. The largest absolute Gasteiger partial charge is 0.331 e. The number of hydrogen-bond donors (Lipinski definition) is 1. The standard InChI is InChI=1S/C28H18ClF3N2O4S.CH4/c29-17-5-12-24-22(14-17)26(21-3-1-2-4-25(21)35)27(34(24)15-16-13-19(31)8-11-23(16)32)28(36)33-39(37,38)20-9-6-18(30)7-10-20;/h1-3,5-14H,4,15H2,(H,33,36);1H4. The first-order chi connectivity index (χ1) is 18.5. The minimum atomic E-state index is -4.49. The molecule has 0 spiro atoms. The molecule has 0 unspecified atom stereocenters. The number of halogens is 4. The van der Waals surface area contributed by atoms with Gasteiger partial charge in [0.25, 0.3) is 15.9 Å². The van der Waals surface area contributed by atoms with E-state index in [1.54, 1.807) is 12.2 Å². The lowest BCUT2D eigenvalue weighted by Gasteiger charge is -2.15. The van der Waals surface area contributed by atoms with Crippen LogP contribution in [0, 0.1) is 17.5 Å². The van der Waals surface area contributed by atoms with Crippen LogP contribution < -0.4 is 4.72 Å². The number of amides is 1. The second kappa shape index (κ2) is 11.1. The van der Waals surface area contributed by atoms with Crippen molar-refractivity contribution in [3.63, 3.8) is 0 Å². The Morgan fingerprint density at radius 3 is 2.38 bits per heavy atom. The summed E-state index contributed by atoms with van der Waals surface area (Å²) in [6.07, 6.45) is 4.76. The number of nitrogens with zero attached hydrogens (tertiary/aromatic N) is 1. The Hall–Kier alpha value is -4.15. The van der Waals surface area contributed by atoms with Crippen LogP contribution in [0.2, 0.25) is 5.02 Å². The van der Waals surface area contributed by atoms with Crippen LogP contribution in [0.4, 0.5) is 13.2 Å². The van der Waals surface area contributed by atoms with Crippen LogP contribution in [0.3, 0.4) is 0 Å². The summed E-state index contributed by atoms with van der Waals surface area (Å²) >= 11 is 6.25. The maximum Gasteiger partial charge on any atom is 0.282 e. The zero-order valence-corrected chi connectivity index (χ0v) is 21.5. The van der Waals surface area contributed by atoms with Gasteiger partial charge in [-0.05, 0) is 60.7 Å². The van der Waals surface area contributed by atoms with Crippen molar-refractivity contribution in [2.75, 3.05) is 0 Å². The van der Waals surface area contributed by atoms with Crippen LogP contribution in [-0.2, 0) is 21.4 Å². The van der Waals surface area contributed by atoms with E-state index in [0.29, 0.717) is 10.9 Å². The number of hydrogen-bond acceptors (Lipinski definition) is 4. The predicted octanol–water partition coefficient (Wildman–Crippen LogP) is 6.43. The topological polar surface area (TPSA) is 85.2 Å². The van der Waals surface area contributed by atoms with Crippen LogP contribution in [0.15, 0.2) is 83.8 Å². The van der Waals surface area contributed by atoms with Gasteiger partial charge < -0.3 is 4.57 Å². The Morgan fingerprint density at radius 1 is 0.975 bits per heavy atom. The molecular weight excluding hydrogens is 565 g/mol. The molecule has 1 amide bonds. The van der Waals surface area contributed by atoms with Crippen LogP contribution in [0.1, 0.15) is 35.5 Å². The SMILES string of the molecule is C.O=C1CC=CC=C1c1c(C(=O)NS(=O)(=O)c2ccc(F)cc2)n(Cc2cc(F)ccc2F)c2ccc(Cl)cc12. The van der Waals surface area contributed by atoms with E-state index in [0.717, 1.165) is 42.5 Å². The van der Waals surface area contributed by atoms with Crippen LogP contribution >= 0.6 is 11.6 Å². The molecule has 6 nitrogen and oxygen atoms in total. The average Bonchev–Trinajstić information content (AvgIpc) is 3.19. The third-order valence-corrected chi connectivity index (χ3v) is 7.78. The van der Waals surface area contributed by atoms with Crippen molar-refractivity contribution in [1.82, 2.24) is 9.29 Å². The van der Waals surface area contributed by atoms with Gasteiger partial charge in [0.2, 0.25) is 0 Å². The van der Waals surface area contributed by atoms with E-state index in [1.165, 1.54) is 28.8 Å². The molecule has 0 saturated heterocycles. The van der Waals surface area contributed by atoms with Crippen LogP contribution in [0.25, 0.3) is 16.5 Å². The van der Waals surface area contributed by atoms with Gasteiger partial charge in [0.1, 0.15) is 23.1 Å². The molecule has 11 heteroatoms. The zero-order valence-electron chi connectivity index (χ0n) is 19.9. The first-order valence-electron chi connectivity index (χ1n) is 11.5. The first-order valence-corrected chi connectivity index (χ1v) is 13.4. The van der Waals surface area contributed by atoms with Crippen molar-refractivity contribution in [1.29, 1.82) is 0 Å². The van der Waals surface area contributed by atoms with Crippen molar-refractivity contribution in [3.05, 3.63) is 118 Å². The van der Waals surface area contributed by atoms with Crippen LogP contribution in [-0.4, -0.2) is 24.7 Å². The second-order valence-electron chi connectivity index (χ2n) is 8.73. The number of sulfonamides is 1. The fraction of sp³-hybridized carbons (Fsp3) is 0.103. The van der Waals surface area contributed by atoms with Gasteiger partial charge in [0.15, 0.2) is 5.78 Å². The number of benzene rings is 3. The second-order valence-corrected chi connectivity index (χ2v) is 10.9. The van der Waals surface area contributed by atoms with E-state index < -0.39 is 33.4 Å². The highest BCUT2D eigenvalue weighted by molar-refractivity contribution is 7.90. The fourth-order valence-electron chi connectivity index (χ4n) is 4.44. The number of fused-ring (bicyclic) bond motifs is 1. The molecule has 206 valence electrons. The van der Waals surface area contributed by atoms with E-state index in [2.05, 4.69) is 0 Å². The number of allylic oxidation sites excluding steroid dienone is 4. The number of nitrogens with one attached hydrogen (secondary N) is 1. The summed E-state index contributed by atoms with van der Waals surface area (Å²) in [6, 6.07) is 11.2. The van der Waals surface area contributed by atoms with E-state index in [9.17, 15) is 31.2 Å². The molecule has 1 aromatic heterocycles. The summed E-state index contributed by atoms with van der Waals surface area (Å²) in [4.78, 5) is 26.3. The molecule has 1 N–H and O–H groups in total. The Morgan fingerprint density at radius 2 is 1.68 bits per heavy atom. The molecule has 1 heterocycles. The zero-order chi connectivity index (χ0) is 27.9. The molecular formula is C29H22ClF3N2O4S. The third kappa shape index (κ3) is 5.45. The molecule has 1 aliphatic rings. The van der Waals surface area contributed by atoms with Gasteiger partial charge in [-0.25, -0.2) is 26.3 Å². The van der Waals surface area contributed by atoms with Crippen molar-refractivity contribution in [2.45, 2.75) is 25.3 Å². The molecule has 4 aromatic rings. The van der Waals surface area contributed by atoms with Crippen molar-refractivity contribution in [2.24, 2.45) is 0 Å². The van der Waals surface area contributed by atoms with E-state index in [-0.39, 0.29) is 58.5 Å². The van der Waals surface area contributed by atoms with Gasteiger partial charge in [-0.2, -0.15) is 0 Å². The molecule has 0 radical (unpaired) electrons.